The van der Waals surface area contributed by atoms with Gasteiger partial charge in [-0.05, 0) is 24.7 Å². The molecule has 0 saturated carbocycles. The fourth-order valence-corrected chi connectivity index (χ4v) is 3.77. The Bertz CT molecular complexity index is 142. The fraction of sp³-hybridized carbons (Fsp3) is 1.00. The quantitative estimate of drug-likeness (QED) is 0.540. The van der Waals surface area contributed by atoms with Crippen LogP contribution in [0.4, 0.5) is 0 Å². The van der Waals surface area contributed by atoms with E-state index in [1.54, 1.807) is 0 Å². The van der Waals surface area contributed by atoms with Crippen LogP contribution >= 0.6 is 11.8 Å². The SMILES string of the molecule is CCCC(SC(CC)C(C)C)C(C)CC. The van der Waals surface area contributed by atoms with Gasteiger partial charge in [0.15, 0.2) is 0 Å². The number of hydrogen-bond donors (Lipinski definition) is 0. The summed E-state index contributed by atoms with van der Waals surface area (Å²) in [5.74, 6) is 1.70. The molecule has 0 amide bonds. The van der Waals surface area contributed by atoms with Crippen molar-refractivity contribution in [2.45, 2.75) is 77.7 Å². The lowest BCUT2D eigenvalue weighted by molar-refractivity contribution is 0.498. The van der Waals surface area contributed by atoms with Gasteiger partial charge in [-0.2, -0.15) is 11.8 Å². The van der Waals surface area contributed by atoms with Gasteiger partial charge >= 0.3 is 0 Å². The van der Waals surface area contributed by atoms with Gasteiger partial charge in [0, 0.05) is 10.5 Å². The van der Waals surface area contributed by atoms with Crippen LogP contribution in [0, 0.1) is 11.8 Å². The van der Waals surface area contributed by atoms with Crippen molar-refractivity contribution in [3.8, 4) is 0 Å². The molecule has 0 spiro atoms. The first-order chi connectivity index (χ1) is 7.06. The molecule has 15 heavy (non-hydrogen) atoms. The minimum atomic E-state index is 0.823. The third kappa shape index (κ3) is 5.85. The third-order valence-electron chi connectivity index (χ3n) is 3.35. The molecule has 0 aliphatic carbocycles. The van der Waals surface area contributed by atoms with E-state index in [2.05, 4.69) is 53.3 Å². The van der Waals surface area contributed by atoms with Crippen LogP contribution in [0.15, 0.2) is 0 Å². The lowest BCUT2D eigenvalue weighted by Gasteiger charge is -2.28. The number of hydrogen-bond acceptors (Lipinski definition) is 1. The second-order valence-corrected chi connectivity index (χ2v) is 6.52. The van der Waals surface area contributed by atoms with E-state index in [-0.39, 0.29) is 0 Å². The molecule has 0 aromatic carbocycles. The van der Waals surface area contributed by atoms with Crippen molar-refractivity contribution < 1.29 is 0 Å². The second-order valence-electron chi connectivity index (χ2n) is 5.04. The average molecular weight is 230 g/mol. The highest BCUT2D eigenvalue weighted by Crippen LogP contribution is 2.34. The average Bonchev–Trinajstić information content (AvgIpc) is 2.22. The molecular weight excluding hydrogens is 200 g/mol. The Labute approximate surface area is 102 Å². The summed E-state index contributed by atoms with van der Waals surface area (Å²) in [6, 6.07) is 0. The Morgan fingerprint density at radius 3 is 1.80 bits per heavy atom. The lowest BCUT2D eigenvalue weighted by Crippen LogP contribution is -2.21. The minimum absolute atomic E-state index is 0.823. The molecule has 3 atom stereocenters. The van der Waals surface area contributed by atoms with E-state index in [0.29, 0.717) is 0 Å². The van der Waals surface area contributed by atoms with Crippen LogP contribution in [0.2, 0.25) is 0 Å². The summed E-state index contributed by atoms with van der Waals surface area (Å²) < 4.78 is 0. The molecule has 1 heteroatoms. The minimum Gasteiger partial charge on any atom is -0.155 e. The predicted octanol–water partition coefficient (Wildman–Crippen LogP) is 5.37. The Kier molecular flexibility index (Phi) is 8.69. The Morgan fingerprint density at radius 2 is 1.47 bits per heavy atom. The molecule has 0 radical (unpaired) electrons. The van der Waals surface area contributed by atoms with Crippen LogP contribution in [0.1, 0.15) is 67.2 Å². The molecule has 0 aliphatic rings. The smallest absolute Gasteiger partial charge is 0.00753 e. The van der Waals surface area contributed by atoms with E-state index >= 15 is 0 Å². The van der Waals surface area contributed by atoms with Gasteiger partial charge in [0.25, 0.3) is 0 Å². The van der Waals surface area contributed by atoms with Crippen molar-refractivity contribution >= 4 is 11.8 Å². The van der Waals surface area contributed by atoms with Crippen molar-refractivity contribution in [2.75, 3.05) is 0 Å². The highest BCUT2D eigenvalue weighted by Gasteiger charge is 2.21. The molecule has 0 aromatic rings. The molecule has 0 heterocycles. The van der Waals surface area contributed by atoms with Crippen molar-refractivity contribution in [2.24, 2.45) is 11.8 Å². The van der Waals surface area contributed by atoms with E-state index in [0.717, 1.165) is 22.3 Å². The van der Waals surface area contributed by atoms with E-state index in [9.17, 15) is 0 Å². The van der Waals surface area contributed by atoms with E-state index in [1.807, 2.05) is 0 Å². The van der Waals surface area contributed by atoms with Crippen molar-refractivity contribution in [1.29, 1.82) is 0 Å². The first-order valence-corrected chi connectivity index (χ1v) is 7.66. The topological polar surface area (TPSA) is 0 Å². The zero-order chi connectivity index (χ0) is 11.8. The molecule has 0 bridgehead atoms. The van der Waals surface area contributed by atoms with E-state index in [1.165, 1.54) is 25.7 Å². The molecule has 0 aromatic heterocycles. The molecule has 92 valence electrons. The fourth-order valence-electron chi connectivity index (χ4n) is 1.98. The summed E-state index contributed by atoms with van der Waals surface area (Å²) in [4.78, 5) is 0. The Morgan fingerprint density at radius 1 is 0.867 bits per heavy atom. The molecular formula is C14H30S. The Hall–Kier alpha value is 0.350. The molecule has 0 aliphatic heterocycles. The normalized spacial score (nSPS) is 17.8. The largest absolute Gasteiger partial charge is 0.155 e. The van der Waals surface area contributed by atoms with Gasteiger partial charge in [-0.3, -0.25) is 0 Å². The lowest BCUT2D eigenvalue weighted by atomic mass is 10.0. The highest BCUT2D eigenvalue weighted by atomic mass is 32.2. The summed E-state index contributed by atoms with van der Waals surface area (Å²) in [5.41, 5.74) is 0. The maximum Gasteiger partial charge on any atom is 0.00753 e. The molecule has 0 N–H and O–H groups in total. The van der Waals surface area contributed by atoms with E-state index < -0.39 is 0 Å². The van der Waals surface area contributed by atoms with Crippen LogP contribution in [-0.4, -0.2) is 10.5 Å². The van der Waals surface area contributed by atoms with Crippen LogP contribution in [-0.2, 0) is 0 Å². The van der Waals surface area contributed by atoms with Gasteiger partial charge in [-0.25, -0.2) is 0 Å². The van der Waals surface area contributed by atoms with Crippen molar-refractivity contribution in [3.05, 3.63) is 0 Å². The van der Waals surface area contributed by atoms with Crippen LogP contribution < -0.4 is 0 Å². The second kappa shape index (κ2) is 8.50. The molecule has 3 unspecified atom stereocenters. The molecule has 0 fully saturated rings. The predicted molar refractivity (Wildman–Crippen MR) is 74.7 cm³/mol. The van der Waals surface area contributed by atoms with Crippen molar-refractivity contribution in [3.63, 3.8) is 0 Å². The van der Waals surface area contributed by atoms with Gasteiger partial charge in [0.05, 0.1) is 0 Å². The maximum absolute atomic E-state index is 2.42. The maximum atomic E-state index is 2.42. The van der Waals surface area contributed by atoms with Crippen LogP contribution in [0.25, 0.3) is 0 Å². The third-order valence-corrected chi connectivity index (χ3v) is 5.62. The summed E-state index contributed by atoms with van der Waals surface area (Å²) >= 11 is 2.26. The molecule has 0 nitrogen and oxygen atoms in total. The standard InChI is InChI=1S/C14H30S/c1-7-10-14(12(6)8-2)15-13(9-3)11(4)5/h11-14H,7-10H2,1-6H3. The van der Waals surface area contributed by atoms with Gasteiger partial charge < -0.3 is 0 Å². The number of rotatable bonds is 8. The summed E-state index contributed by atoms with van der Waals surface area (Å²) in [6.07, 6.45) is 5.37. The zero-order valence-electron chi connectivity index (χ0n) is 11.5. The first kappa shape index (κ1) is 15.3. The highest BCUT2D eigenvalue weighted by molar-refractivity contribution is 8.00. The molecule has 0 rings (SSSR count). The van der Waals surface area contributed by atoms with E-state index in [4.69, 9.17) is 0 Å². The van der Waals surface area contributed by atoms with Gasteiger partial charge in [0.1, 0.15) is 0 Å². The zero-order valence-corrected chi connectivity index (χ0v) is 12.4. The van der Waals surface area contributed by atoms with Gasteiger partial charge in [-0.15, -0.1) is 0 Å². The van der Waals surface area contributed by atoms with Crippen LogP contribution in [0.5, 0.6) is 0 Å². The Balaban J connectivity index is 4.24. The molecule has 0 saturated heterocycles. The van der Waals surface area contributed by atoms with Crippen LogP contribution in [0.3, 0.4) is 0 Å². The summed E-state index contributed by atoms with van der Waals surface area (Å²) in [5, 5.41) is 1.74. The first-order valence-electron chi connectivity index (χ1n) is 6.72. The van der Waals surface area contributed by atoms with Gasteiger partial charge in [-0.1, -0.05) is 54.4 Å². The van der Waals surface area contributed by atoms with Gasteiger partial charge in [0.2, 0.25) is 0 Å². The van der Waals surface area contributed by atoms with Crippen molar-refractivity contribution in [1.82, 2.24) is 0 Å². The summed E-state index contributed by atoms with van der Waals surface area (Å²) in [6.45, 7) is 14.1. The summed E-state index contributed by atoms with van der Waals surface area (Å²) in [7, 11) is 0. The number of thioether (sulfide) groups is 1. The monoisotopic (exact) mass is 230 g/mol.